The zero-order chi connectivity index (χ0) is 18.5. The molecule has 5 heteroatoms. The summed E-state index contributed by atoms with van der Waals surface area (Å²) in [5, 5.41) is 6.48. The van der Waals surface area contributed by atoms with Gasteiger partial charge in [0.15, 0.2) is 0 Å². The van der Waals surface area contributed by atoms with Crippen LogP contribution >= 0.6 is 0 Å². The summed E-state index contributed by atoms with van der Waals surface area (Å²) in [5.41, 5.74) is 11.3. The van der Waals surface area contributed by atoms with Gasteiger partial charge in [0.25, 0.3) is 0 Å². The van der Waals surface area contributed by atoms with E-state index in [1.165, 1.54) is 5.56 Å². The smallest absolute Gasteiger partial charge is 0.224 e. The molecule has 26 heavy (non-hydrogen) atoms. The Labute approximate surface area is 155 Å². The van der Waals surface area contributed by atoms with Crippen molar-refractivity contribution in [3.63, 3.8) is 0 Å². The third-order valence-electron chi connectivity index (χ3n) is 4.25. The van der Waals surface area contributed by atoms with Crippen LogP contribution in [0.15, 0.2) is 59.7 Å². The highest BCUT2D eigenvalue weighted by atomic mass is 16.1. The summed E-state index contributed by atoms with van der Waals surface area (Å²) in [6.07, 6.45) is 6.80. The van der Waals surface area contributed by atoms with Crippen LogP contribution in [0.3, 0.4) is 0 Å². The molecule has 1 amide bonds. The van der Waals surface area contributed by atoms with Crippen LogP contribution in [-0.2, 0) is 4.79 Å². The Hall–Kier alpha value is -2.78. The van der Waals surface area contributed by atoms with Gasteiger partial charge in [0.05, 0.1) is 0 Å². The van der Waals surface area contributed by atoms with E-state index >= 15 is 0 Å². The number of hydrogen-bond acceptors (Lipinski definition) is 2. The quantitative estimate of drug-likeness (QED) is 0.218. The number of amides is 1. The maximum atomic E-state index is 12.0. The van der Waals surface area contributed by atoms with Crippen molar-refractivity contribution < 1.29 is 4.79 Å². The second kappa shape index (κ2) is 11.7. The molecule has 0 heterocycles. The van der Waals surface area contributed by atoms with Crippen molar-refractivity contribution in [2.45, 2.75) is 44.9 Å². The topological polar surface area (TPSA) is 77.9 Å². The van der Waals surface area contributed by atoms with E-state index in [2.05, 4.69) is 27.5 Å². The lowest BCUT2D eigenvalue weighted by molar-refractivity contribution is -0.116. The first kappa shape index (κ1) is 19.5. The second-order valence-corrected chi connectivity index (χ2v) is 6.32. The molecule has 0 radical (unpaired) electrons. The molecule has 0 bridgehead atoms. The largest absolute Gasteiger partial charge is 0.326 e. The SMILES string of the molecule is [N-]=[N+]=NCCCCCCCCC(=O)Nc1ccc(-c2ccccc2)cc1. The number of benzene rings is 2. The van der Waals surface area contributed by atoms with E-state index in [0.717, 1.165) is 49.8 Å². The lowest BCUT2D eigenvalue weighted by Crippen LogP contribution is -2.10. The number of carbonyl (C=O) groups is 1. The summed E-state index contributed by atoms with van der Waals surface area (Å²) < 4.78 is 0. The molecule has 2 aromatic carbocycles. The molecule has 0 aliphatic heterocycles. The van der Waals surface area contributed by atoms with Crippen molar-refractivity contribution in [1.82, 2.24) is 0 Å². The van der Waals surface area contributed by atoms with Crippen LogP contribution in [0.25, 0.3) is 21.6 Å². The van der Waals surface area contributed by atoms with Gasteiger partial charge >= 0.3 is 0 Å². The Morgan fingerprint density at radius 2 is 1.46 bits per heavy atom. The van der Waals surface area contributed by atoms with Crippen molar-refractivity contribution in [2.75, 3.05) is 11.9 Å². The van der Waals surface area contributed by atoms with Gasteiger partial charge in [-0.2, -0.15) is 0 Å². The van der Waals surface area contributed by atoms with E-state index in [1.54, 1.807) is 0 Å². The summed E-state index contributed by atoms with van der Waals surface area (Å²) in [7, 11) is 0. The van der Waals surface area contributed by atoms with Crippen molar-refractivity contribution in [1.29, 1.82) is 0 Å². The Balaban J connectivity index is 1.61. The number of carbonyl (C=O) groups excluding carboxylic acids is 1. The fraction of sp³-hybridized carbons (Fsp3) is 0.381. The molecular formula is C21H26N4O. The molecule has 5 nitrogen and oxygen atoms in total. The molecule has 0 fully saturated rings. The third kappa shape index (κ3) is 7.41. The third-order valence-corrected chi connectivity index (χ3v) is 4.25. The van der Waals surface area contributed by atoms with Gasteiger partial charge in [0.2, 0.25) is 5.91 Å². The first-order valence-electron chi connectivity index (χ1n) is 9.26. The second-order valence-electron chi connectivity index (χ2n) is 6.32. The van der Waals surface area contributed by atoms with Crippen LogP contribution < -0.4 is 5.32 Å². The van der Waals surface area contributed by atoms with Gasteiger partial charge in [-0.25, -0.2) is 0 Å². The molecule has 0 unspecified atom stereocenters. The van der Waals surface area contributed by atoms with E-state index in [9.17, 15) is 4.79 Å². The molecule has 0 atom stereocenters. The fourth-order valence-electron chi connectivity index (χ4n) is 2.82. The monoisotopic (exact) mass is 350 g/mol. The van der Waals surface area contributed by atoms with E-state index in [1.807, 2.05) is 42.5 Å². The summed E-state index contributed by atoms with van der Waals surface area (Å²) in [6.45, 7) is 0.585. The highest BCUT2D eigenvalue weighted by Gasteiger charge is 2.03. The zero-order valence-corrected chi connectivity index (χ0v) is 15.1. The minimum Gasteiger partial charge on any atom is -0.326 e. The van der Waals surface area contributed by atoms with Crippen LogP contribution in [0, 0.1) is 0 Å². The highest BCUT2D eigenvalue weighted by molar-refractivity contribution is 5.90. The van der Waals surface area contributed by atoms with Gasteiger partial charge in [-0.05, 0) is 41.6 Å². The number of rotatable bonds is 11. The van der Waals surface area contributed by atoms with Gasteiger partial charge in [0.1, 0.15) is 0 Å². The summed E-state index contributed by atoms with van der Waals surface area (Å²) in [6, 6.07) is 18.1. The van der Waals surface area contributed by atoms with E-state index in [-0.39, 0.29) is 5.91 Å². The lowest BCUT2D eigenvalue weighted by atomic mass is 10.1. The minimum absolute atomic E-state index is 0.0702. The number of nitrogens with zero attached hydrogens (tertiary/aromatic N) is 3. The maximum Gasteiger partial charge on any atom is 0.224 e. The number of azide groups is 1. The van der Waals surface area contributed by atoms with Crippen molar-refractivity contribution in [2.24, 2.45) is 5.11 Å². The number of nitrogens with one attached hydrogen (secondary N) is 1. The van der Waals surface area contributed by atoms with Gasteiger partial charge in [-0.3, -0.25) is 4.79 Å². The molecule has 0 saturated heterocycles. The van der Waals surface area contributed by atoms with Crippen molar-refractivity contribution in [3.05, 3.63) is 65.0 Å². The molecule has 0 aliphatic rings. The molecule has 2 aromatic rings. The first-order chi connectivity index (χ1) is 12.8. The normalized spacial score (nSPS) is 10.2. The molecule has 0 saturated carbocycles. The van der Waals surface area contributed by atoms with E-state index < -0.39 is 0 Å². The number of hydrogen-bond donors (Lipinski definition) is 1. The first-order valence-corrected chi connectivity index (χ1v) is 9.26. The lowest BCUT2D eigenvalue weighted by Gasteiger charge is -2.07. The predicted octanol–water partition coefficient (Wildman–Crippen LogP) is 6.33. The molecule has 136 valence electrons. The summed E-state index contributed by atoms with van der Waals surface area (Å²) in [4.78, 5) is 14.8. The van der Waals surface area contributed by atoms with Gasteiger partial charge in [-0.15, -0.1) is 0 Å². The van der Waals surface area contributed by atoms with Crippen LogP contribution in [0.2, 0.25) is 0 Å². The van der Waals surface area contributed by atoms with Gasteiger partial charge in [0, 0.05) is 23.6 Å². The van der Waals surface area contributed by atoms with Crippen molar-refractivity contribution >= 4 is 11.6 Å². The predicted molar refractivity (Wildman–Crippen MR) is 107 cm³/mol. The van der Waals surface area contributed by atoms with Gasteiger partial charge < -0.3 is 5.32 Å². The molecule has 2 rings (SSSR count). The van der Waals surface area contributed by atoms with E-state index in [0.29, 0.717) is 13.0 Å². The van der Waals surface area contributed by atoms with Crippen LogP contribution in [0.5, 0.6) is 0 Å². The molecule has 0 aliphatic carbocycles. The number of unbranched alkanes of at least 4 members (excludes halogenated alkanes) is 5. The number of anilines is 1. The molecule has 0 spiro atoms. The Morgan fingerprint density at radius 3 is 2.15 bits per heavy atom. The Morgan fingerprint density at radius 1 is 0.846 bits per heavy atom. The van der Waals surface area contributed by atoms with Crippen LogP contribution in [0.1, 0.15) is 44.9 Å². The summed E-state index contributed by atoms with van der Waals surface area (Å²) >= 11 is 0. The van der Waals surface area contributed by atoms with Gasteiger partial charge in [-0.1, -0.05) is 73.3 Å². The molecular weight excluding hydrogens is 324 g/mol. The zero-order valence-electron chi connectivity index (χ0n) is 15.1. The molecule has 0 aromatic heterocycles. The highest BCUT2D eigenvalue weighted by Crippen LogP contribution is 2.21. The average Bonchev–Trinajstić information content (AvgIpc) is 2.68. The fourth-order valence-corrected chi connectivity index (χ4v) is 2.82. The average molecular weight is 350 g/mol. The standard InChI is InChI=1S/C21H26N4O/c22-25-23-17-9-4-2-1-3-8-12-21(26)24-20-15-13-19(14-16-20)18-10-6-5-7-11-18/h5-7,10-11,13-16H,1-4,8-9,12,17H2,(H,24,26). The molecule has 1 N–H and O–H groups in total. The maximum absolute atomic E-state index is 12.0. The minimum atomic E-state index is 0.0702. The Kier molecular flexibility index (Phi) is 8.81. The Bertz CT molecular complexity index is 707. The van der Waals surface area contributed by atoms with Crippen LogP contribution in [-0.4, -0.2) is 12.5 Å². The van der Waals surface area contributed by atoms with Crippen LogP contribution in [0.4, 0.5) is 5.69 Å². The van der Waals surface area contributed by atoms with Crippen molar-refractivity contribution in [3.8, 4) is 11.1 Å². The van der Waals surface area contributed by atoms with E-state index in [4.69, 9.17) is 5.53 Å². The summed E-state index contributed by atoms with van der Waals surface area (Å²) in [5.74, 6) is 0.0702.